The molecule has 0 bridgehead atoms. The van der Waals surface area contributed by atoms with Crippen LogP contribution in [0.15, 0.2) is 24.4 Å². The Morgan fingerprint density at radius 2 is 1.72 bits per heavy atom. The van der Waals surface area contributed by atoms with Gasteiger partial charge in [-0.2, -0.15) is 0 Å². The zero-order valence-corrected chi connectivity index (χ0v) is 16.9. The minimum atomic E-state index is 0.368. The molecule has 4 heteroatoms. The summed E-state index contributed by atoms with van der Waals surface area (Å²) >= 11 is 6.30. The van der Waals surface area contributed by atoms with E-state index in [1.54, 1.807) is 6.20 Å². The van der Waals surface area contributed by atoms with Gasteiger partial charge in [0.1, 0.15) is 5.75 Å². The lowest BCUT2D eigenvalue weighted by molar-refractivity contribution is 0.451. The summed E-state index contributed by atoms with van der Waals surface area (Å²) in [6, 6.07) is 6.75. The minimum absolute atomic E-state index is 0.368. The molecule has 136 valence electrons. The van der Waals surface area contributed by atoms with E-state index in [9.17, 15) is 0 Å². The van der Waals surface area contributed by atoms with E-state index >= 15 is 0 Å². The third-order valence-electron chi connectivity index (χ3n) is 4.80. The van der Waals surface area contributed by atoms with E-state index < -0.39 is 0 Å². The molecule has 0 fully saturated rings. The quantitative estimate of drug-likeness (QED) is 0.552. The Kier molecular flexibility index (Phi) is 6.71. The fourth-order valence-corrected chi connectivity index (χ4v) is 3.72. The van der Waals surface area contributed by atoms with Crippen LogP contribution in [0.3, 0.4) is 0 Å². The second-order valence-electron chi connectivity index (χ2n) is 6.66. The van der Waals surface area contributed by atoms with E-state index in [4.69, 9.17) is 16.3 Å². The summed E-state index contributed by atoms with van der Waals surface area (Å²) in [6.45, 7) is 10.6. The fraction of sp³-hybridized carbons (Fsp3) is 0.476. The molecular weight excluding hydrogens is 332 g/mol. The first-order chi connectivity index (χ1) is 11.9. The number of pyridine rings is 1. The molecule has 1 aromatic carbocycles. The molecule has 1 aromatic heterocycles. The zero-order chi connectivity index (χ0) is 18.6. The van der Waals surface area contributed by atoms with E-state index in [0.717, 1.165) is 41.0 Å². The molecule has 2 aromatic rings. The van der Waals surface area contributed by atoms with Gasteiger partial charge in [0.2, 0.25) is 5.88 Å². The Morgan fingerprint density at radius 1 is 1.12 bits per heavy atom. The van der Waals surface area contributed by atoms with E-state index in [-0.39, 0.29) is 0 Å². The molecule has 0 aliphatic rings. The molecule has 0 radical (unpaired) electrons. The molecule has 0 atom stereocenters. The van der Waals surface area contributed by atoms with Crippen molar-refractivity contribution in [2.45, 2.75) is 59.4 Å². The number of aryl methyl sites for hydroxylation is 3. The van der Waals surface area contributed by atoms with Crippen LogP contribution in [0.25, 0.3) is 0 Å². The van der Waals surface area contributed by atoms with Gasteiger partial charge in [-0.1, -0.05) is 31.5 Å². The molecule has 0 amide bonds. The number of nitrogens with zero attached hydrogens (tertiary/aromatic N) is 2. The zero-order valence-electron chi connectivity index (χ0n) is 16.2. The van der Waals surface area contributed by atoms with Crippen LogP contribution >= 0.6 is 11.6 Å². The van der Waals surface area contributed by atoms with Crippen molar-refractivity contribution >= 4 is 17.3 Å². The fourth-order valence-electron chi connectivity index (χ4n) is 3.47. The van der Waals surface area contributed by atoms with Crippen molar-refractivity contribution in [2.75, 3.05) is 11.9 Å². The molecule has 0 aliphatic carbocycles. The third-order valence-corrected chi connectivity index (χ3v) is 5.07. The number of hydrogen-bond acceptors (Lipinski definition) is 3. The van der Waals surface area contributed by atoms with Gasteiger partial charge in [0.25, 0.3) is 0 Å². The first-order valence-electron chi connectivity index (χ1n) is 8.95. The first kappa shape index (κ1) is 19.6. The second kappa shape index (κ2) is 8.57. The topological polar surface area (TPSA) is 25.4 Å². The third kappa shape index (κ3) is 4.27. The summed E-state index contributed by atoms with van der Waals surface area (Å²) in [4.78, 5) is 6.76. The smallest absolute Gasteiger partial charge is 0.225 e. The summed E-state index contributed by atoms with van der Waals surface area (Å²) in [5.74, 6) is 1.83. The molecule has 25 heavy (non-hydrogen) atoms. The molecule has 0 saturated heterocycles. The van der Waals surface area contributed by atoms with Crippen molar-refractivity contribution in [1.82, 2.24) is 4.98 Å². The number of hydrogen-bond donors (Lipinski definition) is 0. The van der Waals surface area contributed by atoms with Crippen molar-refractivity contribution in [2.24, 2.45) is 0 Å². The highest BCUT2D eigenvalue weighted by molar-refractivity contribution is 6.17. The summed E-state index contributed by atoms with van der Waals surface area (Å²) in [5, 5.41) is 0. The van der Waals surface area contributed by atoms with Crippen LogP contribution < -0.4 is 9.64 Å². The maximum Gasteiger partial charge on any atom is 0.225 e. The molecule has 0 spiro atoms. The Labute approximate surface area is 157 Å². The van der Waals surface area contributed by atoms with E-state index in [2.05, 4.69) is 63.7 Å². The van der Waals surface area contributed by atoms with Gasteiger partial charge in [-0.05, 0) is 50.8 Å². The largest absolute Gasteiger partial charge is 0.438 e. The Hall–Kier alpha value is -1.74. The van der Waals surface area contributed by atoms with Gasteiger partial charge in [-0.15, -0.1) is 11.6 Å². The number of benzene rings is 1. The molecule has 3 nitrogen and oxygen atoms in total. The normalized spacial score (nSPS) is 11.0. The van der Waals surface area contributed by atoms with Crippen LogP contribution in [0.5, 0.6) is 11.6 Å². The van der Waals surface area contributed by atoms with Gasteiger partial charge >= 0.3 is 0 Å². The van der Waals surface area contributed by atoms with E-state index in [1.807, 2.05) is 6.07 Å². The highest BCUT2D eigenvalue weighted by atomic mass is 35.5. The molecule has 1 heterocycles. The molecule has 2 rings (SSSR count). The van der Waals surface area contributed by atoms with Crippen LogP contribution in [0.4, 0.5) is 5.69 Å². The Morgan fingerprint density at radius 3 is 2.24 bits per heavy atom. The van der Waals surface area contributed by atoms with Gasteiger partial charge in [-0.25, -0.2) is 4.98 Å². The SMILES string of the molecule is CCC(CC)N(C)c1ccnc(Oc2c(C)cc(C)cc2C)c1CCl. The van der Waals surface area contributed by atoms with Crippen molar-refractivity contribution < 1.29 is 4.74 Å². The van der Waals surface area contributed by atoms with Crippen LogP contribution in [0.2, 0.25) is 0 Å². The van der Waals surface area contributed by atoms with Gasteiger partial charge in [0.05, 0.1) is 11.4 Å². The van der Waals surface area contributed by atoms with Gasteiger partial charge in [0, 0.05) is 25.0 Å². The predicted octanol–water partition coefficient (Wildman–Crippen LogP) is 6.16. The number of alkyl halides is 1. The van der Waals surface area contributed by atoms with Gasteiger partial charge < -0.3 is 9.64 Å². The highest BCUT2D eigenvalue weighted by Crippen LogP contribution is 2.35. The highest BCUT2D eigenvalue weighted by Gasteiger charge is 2.19. The van der Waals surface area contributed by atoms with Gasteiger partial charge in [0.15, 0.2) is 0 Å². The summed E-state index contributed by atoms with van der Waals surface area (Å²) in [6.07, 6.45) is 3.98. The van der Waals surface area contributed by atoms with Crippen LogP contribution in [0, 0.1) is 20.8 Å². The number of rotatable bonds is 7. The average molecular weight is 361 g/mol. The summed E-state index contributed by atoms with van der Waals surface area (Å²) < 4.78 is 6.23. The standard InChI is InChI=1S/C21H29ClN2O/c1-7-17(8-2)24(6)19-9-10-23-21(18(19)13-22)25-20-15(4)11-14(3)12-16(20)5/h9-12,17H,7-8,13H2,1-6H3. The van der Waals surface area contributed by atoms with Gasteiger partial charge in [-0.3, -0.25) is 0 Å². The molecule has 0 N–H and O–H groups in total. The van der Waals surface area contributed by atoms with E-state index in [0.29, 0.717) is 17.8 Å². The Bertz CT molecular complexity index is 703. The van der Waals surface area contributed by atoms with Crippen LogP contribution in [-0.2, 0) is 5.88 Å². The first-order valence-corrected chi connectivity index (χ1v) is 9.48. The maximum atomic E-state index is 6.30. The van der Waals surface area contributed by atoms with E-state index in [1.165, 1.54) is 5.56 Å². The summed E-state index contributed by atoms with van der Waals surface area (Å²) in [7, 11) is 2.12. The average Bonchev–Trinajstić information content (AvgIpc) is 2.58. The monoisotopic (exact) mass is 360 g/mol. The number of anilines is 1. The molecular formula is C21H29ClN2O. The minimum Gasteiger partial charge on any atom is -0.438 e. The van der Waals surface area contributed by atoms with Crippen molar-refractivity contribution in [1.29, 1.82) is 0 Å². The molecule has 0 aliphatic heterocycles. The van der Waals surface area contributed by atoms with Crippen molar-refractivity contribution in [3.63, 3.8) is 0 Å². The van der Waals surface area contributed by atoms with Crippen molar-refractivity contribution in [3.05, 3.63) is 46.6 Å². The lowest BCUT2D eigenvalue weighted by atomic mass is 10.1. The van der Waals surface area contributed by atoms with Crippen LogP contribution in [0.1, 0.15) is 48.9 Å². The lowest BCUT2D eigenvalue weighted by Crippen LogP contribution is -2.31. The lowest BCUT2D eigenvalue weighted by Gasteiger charge is -2.30. The Balaban J connectivity index is 2.45. The second-order valence-corrected chi connectivity index (χ2v) is 6.93. The molecule has 0 saturated carbocycles. The predicted molar refractivity (Wildman–Crippen MR) is 107 cm³/mol. The number of ether oxygens (including phenoxy) is 1. The molecule has 0 unspecified atom stereocenters. The van der Waals surface area contributed by atoms with Crippen LogP contribution in [-0.4, -0.2) is 18.1 Å². The maximum absolute atomic E-state index is 6.30. The summed E-state index contributed by atoms with van der Waals surface area (Å²) in [5.41, 5.74) is 5.49. The number of aromatic nitrogens is 1. The number of halogens is 1. The van der Waals surface area contributed by atoms with Crippen molar-refractivity contribution in [3.8, 4) is 11.6 Å².